The van der Waals surface area contributed by atoms with Crippen LogP contribution in [-0.4, -0.2) is 61.8 Å². The van der Waals surface area contributed by atoms with Crippen molar-refractivity contribution in [1.82, 2.24) is 18.9 Å². The van der Waals surface area contributed by atoms with E-state index in [1.54, 1.807) is 0 Å². The third-order valence-corrected chi connectivity index (χ3v) is 9.40. The smallest absolute Gasteiger partial charge is 0.380 e. The van der Waals surface area contributed by atoms with E-state index in [1.807, 2.05) is 0 Å². The molecule has 2 rings (SSSR count). The number of rotatable bonds is 22. The molecule has 15 heteroatoms. The Bertz CT molecular complexity index is 1370. The minimum absolute atomic E-state index is 0.0546. The maximum Gasteiger partial charge on any atom is 0.440 e. The average Bonchev–Trinajstić information content (AvgIpc) is 3.26. The molecule has 0 radical (unpaired) electrons. The molecule has 0 bridgehead atoms. The molecule has 0 aliphatic carbocycles. The van der Waals surface area contributed by atoms with Crippen LogP contribution in [0.5, 0.6) is 0 Å². The molecular weight excluding hydrogens is 563 g/mol. The second-order valence-corrected chi connectivity index (χ2v) is 14.0. The van der Waals surface area contributed by atoms with Crippen molar-refractivity contribution < 1.29 is 27.5 Å². The fourth-order valence-corrected chi connectivity index (χ4v) is 6.44. The topological polar surface area (TPSA) is 194 Å². The van der Waals surface area contributed by atoms with Crippen molar-refractivity contribution in [3.8, 4) is 0 Å². The van der Waals surface area contributed by atoms with Gasteiger partial charge in [0.05, 0.1) is 18.1 Å². The zero-order chi connectivity index (χ0) is 29.6. The number of hydrogen-bond acceptors (Lipinski definition) is 7. The summed E-state index contributed by atoms with van der Waals surface area (Å²) in [6.07, 6.45) is 16.1. The number of nitrogens with one attached hydrogen (secondary N) is 2. The number of ether oxygens (including phenoxy) is 1. The van der Waals surface area contributed by atoms with Gasteiger partial charge in [0.2, 0.25) is 0 Å². The number of imidazole rings is 1. The SMILES string of the molecule is CCCCCCCCCCCCCCCOCCS(=O)(=O)CCCn1c(=O)n(P(=O)(O)O)c(=O)c2[nH]c(=O)[nH]c21. The zero-order valence-corrected chi connectivity index (χ0v) is 25.1. The zero-order valence-electron chi connectivity index (χ0n) is 23.4. The van der Waals surface area contributed by atoms with Crippen molar-refractivity contribution >= 4 is 28.7 Å². The lowest BCUT2D eigenvalue weighted by atomic mass is 10.0. The van der Waals surface area contributed by atoms with E-state index in [9.17, 15) is 37.2 Å². The molecule has 40 heavy (non-hydrogen) atoms. The molecule has 0 aliphatic heterocycles. The van der Waals surface area contributed by atoms with Crippen LogP contribution >= 0.6 is 7.75 Å². The molecule has 13 nitrogen and oxygen atoms in total. The number of sulfone groups is 1. The Kier molecular flexibility index (Phi) is 14.6. The van der Waals surface area contributed by atoms with Crippen molar-refractivity contribution in [2.45, 2.75) is 103 Å². The summed E-state index contributed by atoms with van der Waals surface area (Å²) in [5.41, 5.74) is -4.30. The molecule has 2 heterocycles. The van der Waals surface area contributed by atoms with Crippen molar-refractivity contribution in [2.75, 3.05) is 24.7 Å². The molecule has 4 N–H and O–H groups in total. The number of unbranched alkanes of at least 4 members (excludes halogenated alkanes) is 12. The Morgan fingerprint density at radius 2 is 1.32 bits per heavy atom. The second kappa shape index (κ2) is 17.1. The molecule has 0 spiro atoms. The quantitative estimate of drug-likeness (QED) is 0.115. The Labute approximate surface area is 234 Å². The molecule has 2 aromatic heterocycles. The summed E-state index contributed by atoms with van der Waals surface area (Å²) in [6.45, 7) is 2.49. The summed E-state index contributed by atoms with van der Waals surface area (Å²) in [7, 11) is -8.84. The molecule has 0 aliphatic rings. The normalized spacial score (nSPS) is 12.5. The number of nitrogens with zero attached hydrogens (tertiary/aromatic N) is 2. The van der Waals surface area contributed by atoms with Gasteiger partial charge < -0.3 is 14.5 Å². The Morgan fingerprint density at radius 1 is 0.775 bits per heavy atom. The van der Waals surface area contributed by atoms with Gasteiger partial charge in [-0.1, -0.05) is 84.0 Å². The van der Waals surface area contributed by atoms with E-state index in [-0.39, 0.29) is 41.1 Å². The molecule has 0 saturated carbocycles. The van der Waals surface area contributed by atoms with E-state index in [4.69, 9.17) is 4.74 Å². The summed E-state index contributed by atoms with van der Waals surface area (Å²) in [4.78, 5) is 59.7. The van der Waals surface area contributed by atoms with Gasteiger partial charge in [-0.15, -0.1) is 0 Å². The lowest BCUT2D eigenvalue weighted by Gasteiger charge is -2.12. The van der Waals surface area contributed by atoms with E-state index in [0.29, 0.717) is 6.61 Å². The van der Waals surface area contributed by atoms with E-state index in [2.05, 4.69) is 16.9 Å². The summed E-state index contributed by atoms with van der Waals surface area (Å²) >= 11 is 0. The second-order valence-electron chi connectivity index (χ2n) is 10.2. The summed E-state index contributed by atoms with van der Waals surface area (Å²) in [6, 6.07) is 0. The highest BCUT2D eigenvalue weighted by atomic mass is 32.2. The van der Waals surface area contributed by atoms with Crippen LogP contribution in [0, 0.1) is 0 Å². The summed E-state index contributed by atoms with van der Waals surface area (Å²) in [5, 5.41) is 0. The predicted octanol–water partition coefficient (Wildman–Crippen LogP) is 3.03. The van der Waals surface area contributed by atoms with E-state index < -0.39 is 40.0 Å². The van der Waals surface area contributed by atoms with E-state index in [0.717, 1.165) is 23.8 Å². The van der Waals surface area contributed by atoms with Gasteiger partial charge in [-0.05, 0) is 12.8 Å². The largest absolute Gasteiger partial charge is 0.440 e. The molecule has 0 amide bonds. The van der Waals surface area contributed by atoms with Crippen LogP contribution in [0.4, 0.5) is 0 Å². The molecule has 0 fully saturated rings. The predicted molar refractivity (Wildman–Crippen MR) is 155 cm³/mol. The minimum atomic E-state index is -5.32. The van der Waals surface area contributed by atoms with Gasteiger partial charge in [-0.2, -0.15) is 4.34 Å². The van der Waals surface area contributed by atoms with Crippen LogP contribution in [0.25, 0.3) is 11.2 Å². The molecule has 0 atom stereocenters. The maximum absolute atomic E-state index is 12.6. The van der Waals surface area contributed by atoms with Crippen LogP contribution in [0.2, 0.25) is 0 Å². The highest BCUT2D eigenvalue weighted by Crippen LogP contribution is 2.32. The summed E-state index contributed by atoms with van der Waals surface area (Å²) in [5.74, 6) is -0.508. The first-order chi connectivity index (χ1) is 19.0. The number of H-pyrrole nitrogens is 2. The van der Waals surface area contributed by atoms with Crippen molar-refractivity contribution in [3.05, 3.63) is 31.3 Å². The Balaban J connectivity index is 1.64. The van der Waals surface area contributed by atoms with E-state index >= 15 is 0 Å². The monoisotopic (exact) mass is 608 g/mol. The first kappa shape index (κ1) is 34.2. The van der Waals surface area contributed by atoms with Gasteiger partial charge >= 0.3 is 19.1 Å². The van der Waals surface area contributed by atoms with Crippen molar-refractivity contribution in [1.29, 1.82) is 0 Å². The van der Waals surface area contributed by atoms with Crippen molar-refractivity contribution in [3.63, 3.8) is 0 Å². The lowest BCUT2D eigenvalue weighted by Crippen LogP contribution is -2.39. The van der Waals surface area contributed by atoms with Crippen LogP contribution in [-0.2, 0) is 25.7 Å². The average molecular weight is 609 g/mol. The Morgan fingerprint density at radius 3 is 1.88 bits per heavy atom. The highest BCUT2D eigenvalue weighted by molar-refractivity contribution is 7.91. The number of fused-ring (bicyclic) bond motifs is 1. The highest BCUT2D eigenvalue weighted by Gasteiger charge is 2.27. The summed E-state index contributed by atoms with van der Waals surface area (Å²) < 4.78 is 42.4. The molecular formula is C25H45N4O9PS. The third-order valence-electron chi connectivity index (χ3n) is 6.82. The number of aryl methyl sites for hydroxylation is 1. The standard InChI is InChI=1S/C25H45N4O9PS/c1-2-3-4-5-6-7-8-9-10-11-12-13-14-17-38-18-20-40(36,37)19-15-16-28-22-21(26-24(31)27-22)23(30)29(25(28)32)39(33,34)35/h2-20H2,1H3,(H2,26,27,31)(H2,33,34,35). The van der Waals surface area contributed by atoms with Gasteiger partial charge in [-0.3, -0.25) is 19.3 Å². The number of hydrogen-bond donors (Lipinski definition) is 4. The van der Waals surface area contributed by atoms with Crippen LogP contribution in [0.3, 0.4) is 0 Å². The minimum Gasteiger partial charge on any atom is -0.380 e. The van der Waals surface area contributed by atoms with Crippen molar-refractivity contribution in [2.24, 2.45) is 0 Å². The third kappa shape index (κ3) is 11.5. The first-order valence-electron chi connectivity index (χ1n) is 14.3. The number of aromatic nitrogens is 4. The maximum atomic E-state index is 12.6. The van der Waals surface area contributed by atoms with Gasteiger partial charge in [-0.25, -0.2) is 22.6 Å². The molecule has 0 unspecified atom stereocenters. The lowest BCUT2D eigenvalue weighted by molar-refractivity contribution is 0.144. The molecule has 0 saturated heterocycles. The Hall–Kier alpha value is -1.99. The van der Waals surface area contributed by atoms with E-state index in [1.165, 1.54) is 64.2 Å². The fourth-order valence-electron chi connectivity index (χ4n) is 4.63. The molecule has 2 aromatic rings. The van der Waals surface area contributed by atoms with Gasteiger partial charge in [0, 0.05) is 13.2 Å². The van der Waals surface area contributed by atoms with Crippen LogP contribution in [0.15, 0.2) is 14.4 Å². The number of aromatic amines is 2. The van der Waals surface area contributed by atoms with Gasteiger partial charge in [0.1, 0.15) is 5.65 Å². The van der Waals surface area contributed by atoms with Crippen LogP contribution in [0.1, 0.15) is 96.8 Å². The van der Waals surface area contributed by atoms with Crippen LogP contribution < -0.4 is 16.9 Å². The van der Waals surface area contributed by atoms with Gasteiger partial charge in [0.25, 0.3) is 5.56 Å². The molecule has 0 aromatic carbocycles. The van der Waals surface area contributed by atoms with Gasteiger partial charge in [0.15, 0.2) is 15.4 Å². The first-order valence-corrected chi connectivity index (χ1v) is 17.7. The molecule has 230 valence electrons. The fraction of sp³-hybridized carbons (Fsp3) is 0.800.